The summed E-state index contributed by atoms with van der Waals surface area (Å²) in [6.45, 7) is 3.89. The number of benzene rings is 1. The summed E-state index contributed by atoms with van der Waals surface area (Å²) in [5.74, 6) is 0. The summed E-state index contributed by atoms with van der Waals surface area (Å²) >= 11 is 5.09. The molecule has 3 nitrogen and oxygen atoms in total. The van der Waals surface area contributed by atoms with Crippen molar-refractivity contribution in [2.24, 2.45) is 0 Å². The van der Waals surface area contributed by atoms with Crippen molar-refractivity contribution in [1.82, 2.24) is 4.90 Å². The zero-order valence-electron chi connectivity index (χ0n) is 10.7. The van der Waals surface area contributed by atoms with E-state index in [1.165, 1.54) is 0 Å². The lowest BCUT2D eigenvalue weighted by atomic mass is 10.2. The fraction of sp³-hybridized carbons (Fsp3) is 0.357. The van der Waals surface area contributed by atoms with E-state index in [1.807, 2.05) is 23.6 Å². The maximum Gasteiger partial charge on any atom is 0.211 e. The van der Waals surface area contributed by atoms with Gasteiger partial charge in [-0.15, -0.1) is 11.3 Å². The van der Waals surface area contributed by atoms with Crippen molar-refractivity contribution in [3.05, 3.63) is 38.3 Å². The Kier molecular flexibility index (Phi) is 3.60. The van der Waals surface area contributed by atoms with Crippen molar-refractivity contribution in [2.75, 3.05) is 38.1 Å². The van der Waals surface area contributed by atoms with Gasteiger partial charge < -0.3 is 9.80 Å². The van der Waals surface area contributed by atoms with Gasteiger partial charge >= 0.3 is 0 Å². The second-order valence-corrected chi connectivity index (χ2v) is 6.71. The number of hydrogen-bond donors (Lipinski definition) is 0. The lowest BCUT2D eigenvalue weighted by Gasteiger charge is -2.33. The molecule has 0 amide bonds. The molecule has 0 spiro atoms. The summed E-state index contributed by atoms with van der Waals surface area (Å²) in [6.07, 6.45) is 0. The molecule has 0 saturated carbocycles. The normalized spacial score (nSPS) is 17.1. The van der Waals surface area contributed by atoms with Crippen LogP contribution in [-0.2, 0) is 0 Å². The summed E-state index contributed by atoms with van der Waals surface area (Å²) in [5, 5.41) is 2.82. The number of hydrogen-bond acceptors (Lipinski definition) is 4. The molecule has 1 saturated heterocycles. The van der Waals surface area contributed by atoms with Crippen LogP contribution in [0.5, 0.6) is 0 Å². The van der Waals surface area contributed by atoms with Crippen LogP contribution in [0.1, 0.15) is 0 Å². The Bertz CT molecular complexity index is 662. The fourth-order valence-corrected chi connectivity index (χ4v) is 3.64. The molecule has 1 fully saturated rings. The van der Waals surface area contributed by atoms with Crippen LogP contribution in [0, 0.1) is 0 Å². The second kappa shape index (κ2) is 5.23. The zero-order valence-corrected chi connectivity index (χ0v) is 13.1. The monoisotopic (exact) mass is 338 g/mol. The number of rotatable bonds is 1. The van der Waals surface area contributed by atoms with Crippen LogP contribution < -0.4 is 10.3 Å². The molecular formula is C14H15BrN2OS. The fourth-order valence-electron chi connectivity index (χ4n) is 2.36. The Balaban J connectivity index is 2.05. The number of nitrogens with zero attached hydrogens (tertiary/aromatic N) is 2. The lowest BCUT2D eigenvalue weighted by molar-refractivity contribution is 0.313. The van der Waals surface area contributed by atoms with Crippen molar-refractivity contribution in [2.45, 2.75) is 0 Å². The van der Waals surface area contributed by atoms with E-state index in [-0.39, 0.29) is 5.43 Å². The van der Waals surface area contributed by atoms with Gasteiger partial charge in [-0.05, 0) is 25.2 Å². The minimum atomic E-state index is 0.152. The number of piperazine rings is 1. The van der Waals surface area contributed by atoms with Crippen LogP contribution in [0.2, 0.25) is 0 Å². The predicted octanol–water partition coefficient (Wildman–Crippen LogP) is 2.78. The van der Waals surface area contributed by atoms with E-state index in [0.717, 1.165) is 46.4 Å². The SMILES string of the molecule is CN1CCN(c2csc3ccc(Br)cc3c2=O)CC1. The van der Waals surface area contributed by atoms with Crippen LogP contribution in [0.3, 0.4) is 0 Å². The first-order chi connectivity index (χ1) is 9.15. The Labute approximate surface area is 124 Å². The van der Waals surface area contributed by atoms with Gasteiger partial charge in [0.2, 0.25) is 5.43 Å². The number of fused-ring (bicyclic) bond motifs is 1. The predicted molar refractivity (Wildman–Crippen MR) is 85.5 cm³/mol. The van der Waals surface area contributed by atoms with Gasteiger partial charge in [0, 0.05) is 46.1 Å². The smallest absolute Gasteiger partial charge is 0.211 e. The molecule has 1 aromatic carbocycles. The highest BCUT2D eigenvalue weighted by Crippen LogP contribution is 2.24. The molecular weight excluding hydrogens is 324 g/mol. The molecule has 100 valence electrons. The number of likely N-dealkylation sites (N-methyl/N-ethyl adjacent to an activating group) is 1. The van der Waals surface area contributed by atoms with Crippen molar-refractivity contribution >= 4 is 43.0 Å². The zero-order chi connectivity index (χ0) is 13.4. The molecule has 1 aliphatic heterocycles. The van der Waals surface area contributed by atoms with Crippen molar-refractivity contribution < 1.29 is 0 Å². The van der Waals surface area contributed by atoms with Gasteiger partial charge in [-0.2, -0.15) is 0 Å². The molecule has 1 aromatic heterocycles. The van der Waals surface area contributed by atoms with Crippen molar-refractivity contribution in [1.29, 1.82) is 0 Å². The number of anilines is 1. The first kappa shape index (κ1) is 13.1. The number of halogens is 1. The third-order valence-corrected chi connectivity index (χ3v) is 5.00. The third-order valence-electron chi connectivity index (χ3n) is 3.56. The quantitative estimate of drug-likeness (QED) is 0.798. The molecule has 2 heterocycles. The topological polar surface area (TPSA) is 23.6 Å². The minimum absolute atomic E-state index is 0.152. The second-order valence-electron chi connectivity index (χ2n) is 4.88. The van der Waals surface area contributed by atoms with Gasteiger partial charge in [0.25, 0.3) is 0 Å². The largest absolute Gasteiger partial charge is 0.365 e. The third kappa shape index (κ3) is 2.55. The Morgan fingerprint density at radius 1 is 1.21 bits per heavy atom. The first-order valence-corrected chi connectivity index (χ1v) is 7.97. The molecule has 0 bridgehead atoms. The lowest BCUT2D eigenvalue weighted by Crippen LogP contribution is -2.45. The maximum atomic E-state index is 12.6. The minimum Gasteiger partial charge on any atom is -0.365 e. The van der Waals surface area contributed by atoms with Crippen molar-refractivity contribution in [3.8, 4) is 0 Å². The Morgan fingerprint density at radius 2 is 1.95 bits per heavy atom. The summed E-state index contributed by atoms with van der Waals surface area (Å²) in [4.78, 5) is 17.1. The molecule has 2 aromatic rings. The maximum absolute atomic E-state index is 12.6. The van der Waals surface area contributed by atoms with Gasteiger partial charge in [0.1, 0.15) is 0 Å². The van der Waals surface area contributed by atoms with Crippen molar-refractivity contribution in [3.63, 3.8) is 0 Å². The van der Waals surface area contributed by atoms with Gasteiger partial charge in [-0.1, -0.05) is 15.9 Å². The van der Waals surface area contributed by atoms with E-state index >= 15 is 0 Å². The Morgan fingerprint density at radius 3 is 2.68 bits per heavy atom. The highest BCUT2D eigenvalue weighted by atomic mass is 79.9. The summed E-state index contributed by atoms with van der Waals surface area (Å²) in [5.41, 5.74) is 1.00. The van der Waals surface area contributed by atoms with E-state index in [2.05, 4.69) is 32.8 Å². The van der Waals surface area contributed by atoms with Crippen LogP contribution >= 0.6 is 27.3 Å². The van der Waals surface area contributed by atoms with E-state index < -0.39 is 0 Å². The molecule has 0 N–H and O–H groups in total. The van der Waals surface area contributed by atoms with E-state index in [4.69, 9.17) is 0 Å². The van der Waals surface area contributed by atoms with Gasteiger partial charge in [0.05, 0.1) is 5.69 Å². The van der Waals surface area contributed by atoms with E-state index in [1.54, 1.807) is 11.3 Å². The van der Waals surface area contributed by atoms with Gasteiger partial charge in [0.15, 0.2) is 0 Å². The van der Waals surface area contributed by atoms with E-state index in [0.29, 0.717) is 0 Å². The van der Waals surface area contributed by atoms with Crippen LogP contribution in [0.25, 0.3) is 10.1 Å². The molecule has 3 rings (SSSR count). The highest BCUT2D eigenvalue weighted by molar-refractivity contribution is 9.10. The molecule has 5 heteroatoms. The van der Waals surface area contributed by atoms with Gasteiger partial charge in [-0.25, -0.2) is 0 Å². The summed E-state index contributed by atoms with van der Waals surface area (Å²) in [6, 6.07) is 5.90. The summed E-state index contributed by atoms with van der Waals surface area (Å²) in [7, 11) is 2.12. The van der Waals surface area contributed by atoms with Crippen LogP contribution in [0.15, 0.2) is 32.8 Å². The first-order valence-electron chi connectivity index (χ1n) is 6.30. The van der Waals surface area contributed by atoms with Crippen LogP contribution in [0.4, 0.5) is 5.69 Å². The standard InChI is InChI=1S/C14H15BrN2OS/c1-16-4-6-17(7-5-16)12-9-19-13-3-2-10(15)8-11(13)14(12)18/h2-3,8-9H,4-7H2,1H3. The average molecular weight is 339 g/mol. The highest BCUT2D eigenvalue weighted by Gasteiger charge is 2.17. The molecule has 0 radical (unpaired) electrons. The molecule has 1 aliphatic rings. The summed E-state index contributed by atoms with van der Waals surface area (Å²) < 4.78 is 2.01. The molecule has 0 unspecified atom stereocenters. The molecule has 0 aliphatic carbocycles. The van der Waals surface area contributed by atoms with E-state index in [9.17, 15) is 4.79 Å². The molecule has 0 atom stereocenters. The Hall–Kier alpha value is -0.910. The van der Waals surface area contributed by atoms with Gasteiger partial charge in [-0.3, -0.25) is 4.79 Å². The average Bonchev–Trinajstić information content (AvgIpc) is 2.41. The molecule has 19 heavy (non-hydrogen) atoms. The van der Waals surface area contributed by atoms with Crippen LogP contribution in [-0.4, -0.2) is 38.1 Å².